The van der Waals surface area contributed by atoms with Crippen molar-refractivity contribution in [3.8, 4) is 5.75 Å². The molecule has 0 N–H and O–H groups in total. The Bertz CT molecular complexity index is 1610. The molecule has 2 aromatic rings. The molecule has 7 nitrogen and oxygen atoms in total. The van der Waals surface area contributed by atoms with Crippen LogP contribution in [-0.4, -0.2) is 44.3 Å². The van der Waals surface area contributed by atoms with E-state index in [2.05, 4.69) is 0 Å². The summed E-state index contributed by atoms with van der Waals surface area (Å²) in [5.41, 5.74) is 3.47. The van der Waals surface area contributed by atoms with E-state index in [1.807, 2.05) is 32.0 Å². The van der Waals surface area contributed by atoms with Crippen LogP contribution in [0, 0.1) is 38.5 Å². The first kappa shape index (κ1) is 30.0. The summed E-state index contributed by atoms with van der Waals surface area (Å²) in [6.07, 6.45) is 0.0188. The Morgan fingerprint density at radius 2 is 1.45 bits per heavy atom. The van der Waals surface area contributed by atoms with Crippen LogP contribution in [0.5, 0.6) is 5.75 Å². The minimum atomic E-state index is -2.02. The molecule has 5 atom stereocenters. The van der Waals surface area contributed by atoms with E-state index in [0.29, 0.717) is 5.56 Å². The van der Waals surface area contributed by atoms with Crippen molar-refractivity contribution in [2.24, 2.45) is 17.8 Å². The zero-order valence-corrected chi connectivity index (χ0v) is 26.8. The Kier molecular flexibility index (Phi) is 6.97. The standard InChI is InChI=1S/C29H22Cl6N2O5/c1-12-5-4-6-18(14(12)3)36-11-15(10-19(36)38)26(41)42-16-7-8-17(13(2)9-16)37-24(39)20-21(25(37)40)28(33)23(31)22(30)27(20,32)29(28,34)35/h4-9,15,20-21H,10-11H2,1-3H3/t15-,20+,21+,27-,28-/m1/s1. The molecule has 2 heterocycles. The Morgan fingerprint density at radius 3 is 2.02 bits per heavy atom. The molecule has 3 fully saturated rings. The van der Waals surface area contributed by atoms with Gasteiger partial charge in [0.2, 0.25) is 17.7 Å². The lowest BCUT2D eigenvalue weighted by Gasteiger charge is -2.34. The lowest BCUT2D eigenvalue weighted by Crippen LogP contribution is -2.50. The molecule has 0 aromatic heterocycles. The predicted octanol–water partition coefficient (Wildman–Crippen LogP) is 6.52. The Labute approximate surface area is 271 Å². The zero-order chi connectivity index (χ0) is 30.7. The third-order valence-electron chi connectivity index (χ3n) is 8.86. The van der Waals surface area contributed by atoms with Crippen molar-refractivity contribution in [2.45, 2.75) is 41.3 Å². The summed E-state index contributed by atoms with van der Waals surface area (Å²) >= 11 is 39.4. The number of carbonyl (C=O) groups is 4. The van der Waals surface area contributed by atoms with Gasteiger partial charge in [-0.2, -0.15) is 0 Å². The summed E-state index contributed by atoms with van der Waals surface area (Å²) < 4.78 is 3.60. The predicted molar refractivity (Wildman–Crippen MR) is 163 cm³/mol. The molecule has 0 spiro atoms. The van der Waals surface area contributed by atoms with Gasteiger partial charge in [-0.3, -0.25) is 19.2 Å². The minimum absolute atomic E-state index is 0.0188. The summed E-state index contributed by atoms with van der Waals surface area (Å²) in [5, 5.41) is -0.342. The highest BCUT2D eigenvalue weighted by molar-refractivity contribution is 6.67. The van der Waals surface area contributed by atoms with Crippen LogP contribution < -0.4 is 14.5 Å². The van der Waals surface area contributed by atoms with E-state index in [1.54, 1.807) is 11.8 Å². The number of allylic oxidation sites excluding steroid dienone is 2. The summed E-state index contributed by atoms with van der Waals surface area (Å²) in [7, 11) is 0. The molecule has 3 amide bonds. The molecule has 6 rings (SSSR count). The average Bonchev–Trinajstić information content (AvgIpc) is 3.51. The number of anilines is 2. The molecule has 0 radical (unpaired) electrons. The molecule has 1 saturated carbocycles. The third-order valence-corrected chi connectivity index (χ3v) is 13.1. The van der Waals surface area contributed by atoms with Gasteiger partial charge in [-0.15, -0.1) is 23.2 Å². The van der Waals surface area contributed by atoms with Crippen LogP contribution in [0.3, 0.4) is 0 Å². The molecular formula is C29H22Cl6N2O5. The number of alkyl halides is 4. The van der Waals surface area contributed by atoms with Gasteiger partial charge in [0.15, 0.2) is 4.33 Å². The Morgan fingerprint density at radius 1 is 0.857 bits per heavy atom. The maximum absolute atomic E-state index is 13.7. The number of aryl methyl sites for hydroxylation is 2. The average molecular weight is 691 g/mol. The van der Waals surface area contributed by atoms with Crippen molar-refractivity contribution in [2.75, 3.05) is 16.3 Å². The van der Waals surface area contributed by atoms with Crippen LogP contribution in [0.1, 0.15) is 23.1 Å². The first-order valence-electron chi connectivity index (χ1n) is 13.0. The highest BCUT2D eigenvalue weighted by atomic mass is 35.5. The van der Waals surface area contributed by atoms with Gasteiger partial charge >= 0.3 is 5.97 Å². The first-order valence-corrected chi connectivity index (χ1v) is 15.2. The zero-order valence-electron chi connectivity index (χ0n) is 22.3. The van der Waals surface area contributed by atoms with Crippen LogP contribution in [0.4, 0.5) is 11.4 Å². The maximum atomic E-state index is 13.7. The van der Waals surface area contributed by atoms with Gasteiger partial charge in [-0.25, -0.2) is 4.90 Å². The number of esters is 1. The van der Waals surface area contributed by atoms with Gasteiger partial charge in [-0.05, 0) is 61.7 Å². The highest BCUT2D eigenvalue weighted by Gasteiger charge is 2.87. The second-order valence-electron chi connectivity index (χ2n) is 11.1. The number of carbonyl (C=O) groups excluding carboxylic acids is 4. The van der Waals surface area contributed by atoms with Crippen LogP contribution in [0.2, 0.25) is 0 Å². The van der Waals surface area contributed by atoms with Gasteiger partial charge in [0, 0.05) is 18.7 Å². The lowest BCUT2D eigenvalue weighted by atomic mass is 9.84. The number of benzene rings is 2. The van der Waals surface area contributed by atoms with Crippen LogP contribution in [0.25, 0.3) is 0 Å². The number of fused-ring (bicyclic) bond motifs is 5. The van der Waals surface area contributed by atoms with E-state index < -0.39 is 49.6 Å². The second kappa shape index (κ2) is 9.75. The molecule has 42 heavy (non-hydrogen) atoms. The van der Waals surface area contributed by atoms with Gasteiger partial charge in [-0.1, -0.05) is 58.5 Å². The van der Waals surface area contributed by atoms with Crippen molar-refractivity contribution in [1.82, 2.24) is 0 Å². The Hall–Kier alpha value is -2.00. The Balaban J connectivity index is 1.22. The molecular weight excluding hydrogens is 669 g/mol. The second-order valence-corrected chi connectivity index (χ2v) is 14.4. The van der Waals surface area contributed by atoms with E-state index in [9.17, 15) is 19.2 Å². The van der Waals surface area contributed by atoms with Crippen molar-refractivity contribution in [1.29, 1.82) is 0 Å². The van der Waals surface area contributed by atoms with Gasteiger partial charge in [0.05, 0.1) is 33.5 Å². The monoisotopic (exact) mass is 688 g/mol. The van der Waals surface area contributed by atoms with Gasteiger partial charge in [0.25, 0.3) is 0 Å². The molecule has 2 aliphatic heterocycles. The number of ether oxygens (including phenoxy) is 1. The van der Waals surface area contributed by atoms with Crippen molar-refractivity contribution in [3.05, 3.63) is 63.2 Å². The SMILES string of the molecule is Cc1cc(OC(=O)[C@@H]2CC(=O)N(c3cccc(C)c3C)C2)ccc1N1C(=O)[C@@H]2[C@@H](C1=O)[C@@]1(Cl)C(Cl)=C(Cl)[C@@]2(Cl)C1(Cl)Cl. The van der Waals surface area contributed by atoms with Crippen molar-refractivity contribution < 1.29 is 23.9 Å². The molecule has 13 heteroatoms. The number of hydrogen-bond acceptors (Lipinski definition) is 5. The van der Waals surface area contributed by atoms with E-state index >= 15 is 0 Å². The quantitative estimate of drug-likeness (QED) is 0.158. The fraction of sp³-hybridized carbons (Fsp3) is 0.379. The molecule has 2 aliphatic carbocycles. The number of nitrogens with zero attached hydrogens (tertiary/aromatic N) is 2. The fourth-order valence-electron chi connectivity index (χ4n) is 6.50. The summed E-state index contributed by atoms with van der Waals surface area (Å²) in [6, 6.07) is 10.1. The summed E-state index contributed by atoms with van der Waals surface area (Å²) in [4.78, 5) is 51.9. The largest absolute Gasteiger partial charge is 0.426 e. The smallest absolute Gasteiger partial charge is 0.316 e. The molecule has 2 aromatic carbocycles. The summed E-state index contributed by atoms with van der Waals surface area (Å²) in [6.45, 7) is 5.74. The molecule has 0 unspecified atom stereocenters. The number of amides is 3. The molecule has 220 valence electrons. The number of imide groups is 1. The maximum Gasteiger partial charge on any atom is 0.316 e. The van der Waals surface area contributed by atoms with E-state index in [0.717, 1.165) is 21.7 Å². The van der Waals surface area contributed by atoms with Gasteiger partial charge in [0.1, 0.15) is 15.5 Å². The highest BCUT2D eigenvalue weighted by Crippen LogP contribution is 2.77. The molecule has 2 bridgehead atoms. The minimum Gasteiger partial charge on any atom is -0.426 e. The fourth-order valence-corrected chi connectivity index (χ4v) is 9.43. The third kappa shape index (κ3) is 3.67. The van der Waals surface area contributed by atoms with Crippen LogP contribution in [0.15, 0.2) is 46.5 Å². The van der Waals surface area contributed by atoms with Gasteiger partial charge < -0.3 is 9.64 Å². The first-order chi connectivity index (χ1) is 19.6. The van der Waals surface area contributed by atoms with E-state index in [-0.39, 0.29) is 40.4 Å². The normalized spacial score (nSPS) is 31.5. The van der Waals surface area contributed by atoms with Crippen LogP contribution >= 0.6 is 69.6 Å². The molecule has 2 saturated heterocycles. The topological polar surface area (TPSA) is 84.0 Å². The molecule has 4 aliphatic rings. The van der Waals surface area contributed by atoms with Crippen molar-refractivity contribution >= 4 is 105 Å². The van der Waals surface area contributed by atoms with Crippen molar-refractivity contribution in [3.63, 3.8) is 0 Å². The number of halogens is 6. The van der Waals surface area contributed by atoms with E-state index in [1.165, 1.54) is 18.2 Å². The number of rotatable bonds is 4. The van der Waals surface area contributed by atoms with Crippen LogP contribution in [-0.2, 0) is 19.2 Å². The van der Waals surface area contributed by atoms with E-state index in [4.69, 9.17) is 74.3 Å². The number of hydrogen-bond donors (Lipinski definition) is 0. The lowest BCUT2D eigenvalue weighted by molar-refractivity contribution is -0.139. The summed E-state index contributed by atoms with van der Waals surface area (Å²) in [5.74, 6) is -5.08.